The smallest absolute Gasteiger partial charge is 0.309 e. The molecule has 0 spiro atoms. The average Bonchev–Trinajstić information content (AvgIpc) is 2.39. The molecule has 1 atom stereocenters. The van der Waals surface area contributed by atoms with Crippen LogP contribution in [-0.2, 0) is 11.2 Å². The molecule has 80 valence electrons. The Hall–Kier alpha value is -1.22. The van der Waals surface area contributed by atoms with Crippen molar-refractivity contribution in [3.63, 3.8) is 0 Å². The molecular weight excluding hydrogens is 216 g/mol. The molecule has 1 aliphatic rings. The molecule has 1 N–H and O–H groups in total. The number of carboxylic acids is 1. The Morgan fingerprint density at radius 1 is 1.53 bits per heavy atom. The lowest BCUT2D eigenvalue weighted by molar-refractivity contribution is -0.142. The van der Waals surface area contributed by atoms with Gasteiger partial charge < -0.3 is 9.84 Å². The molecule has 0 amide bonds. The van der Waals surface area contributed by atoms with Crippen LogP contribution < -0.4 is 4.74 Å². The predicted octanol–water partition coefficient (Wildman–Crippen LogP) is 2.37. The van der Waals surface area contributed by atoms with Gasteiger partial charge in [-0.1, -0.05) is 11.6 Å². The van der Waals surface area contributed by atoms with E-state index in [9.17, 15) is 4.79 Å². The van der Waals surface area contributed by atoms with Crippen molar-refractivity contribution in [3.05, 3.63) is 28.8 Å². The number of halogens is 1. The molecule has 1 aromatic carbocycles. The summed E-state index contributed by atoms with van der Waals surface area (Å²) in [6.45, 7) is 0.240. The maximum atomic E-state index is 10.8. The largest absolute Gasteiger partial charge is 0.492 e. The van der Waals surface area contributed by atoms with Gasteiger partial charge >= 0.3 is 5.97 Å². The van der Waals surface area contributed by atoms with Gasteiger partial charge in [0.15, 0.2) is 0 Å². The summed E-state index contributed by atoms with van der Waals surface area (Å²) in [5.74, 6) is -0.465. The lowest BCUT2D eigenvalue weighted by Gasteiger charge is -2.08. The standard InChI is InChI=1S/C11H11ClO3/c12-9-3-4-10-7(5-9)1-2-8(6-15-10)11(13)14/h3-5,8H,1-2,6H2,(H,13,14). The SMILES string of the molecule is O=C(O)C1CCc2cc(Cl)ccc2OC1. The molecule has 1 heterocycles. The first-order valence-corrected chi connectivity index (χ1v) is 5.18. The number of hydrogen-bond acceptors (Lipinski definition) is 2. The van der Waals surface area contributed by atoms with Gasteiger partial charge in [-0.3, -0.25) is 4.79 Å². The first-order valence-electron chi connectivity index (χ1n) is 4.81. The van der Waals surface area contributed by atoms with E-state index < -0.39 is 11.9 Å². The summed E-state index contributed by atoms with van der Waals surface area (Å²) in [4.78, 5) is 10.8. The van der Waals surface area contributed by atoms with Crippen LogP contribution in [0.15, 0.2) is 18.2 Å². The summed E-state index contributed by atoms with van der Waals surface area (Å²) in [6, 6.07) is 5.38. The Kier molecular flexibility index (Phi) is 2.82. The quantitative estimate of drug-likeness (QED) is 0.800. The molecule has 0 fully saturated rings. The molecule has 0 aliphatic carbocycles. The first kappa shape index (κ1) is 10.3. The number of fused-ring (bicyclic) bond motifs is 1. The zero-order valence-corrected chi connectivity index (χ0v) is 8.83. The van der Waals surface area contributed by atoms with Crippen LogP contribution in [0.25, 0.3) is 0 Å². The molecule has 0 bridgehead atoms. The first-order chi connectivity index (χ1) is 7.16. The van der Waals surface area contributed by atoms with Crippen LogP contribution in [0.2, 0.25) is 5.02 Å². The van der Waals surface area contributed by atoms with Crippen LogP contribution in [0.4, 0.5) is 0 Å². The van der Waals surface area contributed by atoms with Gasteiger partial charge in [0, 0.05) is 5.02 Å². The Morgan fingerprint density at radius 2 is 2.33 bits per heavy atom. The van der Waals surface area contributed by atoms with Gasteiger partial charge in [0.1, 0.15) is 12.4 Å². The highest BCUT2D eigenvalue weighted by Gasteiger charge is 2.22. The van der Waals surface area contributed by atoms with E-state index in [2.05, 4.69) is 0 Å². The summed E-state index contributed by atoms with van der Waals surface area (Å²) in [7, 11) is 0. The van der Waals surface area contributed by atoms with E-state index in [4.69, 9.17) is 21.4 Å². The van der Waals surface area contributed by atoms with Crippen molar-refractivity contribution in [1.29, 1.82) is 0 Å². The summed E-state index contributed by atoms with van der Waals surface area (Å²) >= 11 is 5.86. The van der Waals surface area contributed by atoms with E-state index in [1.165, 1.54) is 0 Å². The number of benzene rings is 1. The molecule has 2 rings (SSSR count). The Labute approximate surface area is 92.6 Å². The van der Waals surface area contributed by atoms with Crippen molar-refractivity contribution in [2.45, 2.75) is 12.8 Å². The van der Waals surface area contributed by atoms with E-state index in [-0.39, 0.29) is 6.61 Å². The molecule has 1 aromatic rings. The molecule has 1 unspecified atom stereocenters. The van der Waals surface area contributed by atoms with Gasteiger partial charge in [-0.05, 0) is 36.6 Å². The lowest BCUT2D eigenvalue weighted by Crippen LogP contribution is -2.20. The van der Waals surface area contributed by atoms with Crippen LogP contribution in [-0.4, -0.2) is 17.7 Å². The maximum Gasteiger partial charge on any atom is 0.309 e. The van der Waals surface area contributed by atoms with Crippen LogP contribution in [0.1, 0.15) is 12.0 Å². The number of aliphatic carboxylic acids is 1. The highest BCUT2D eigenvalue weighted by Crippen LogP contribution is 2.28. The predicted molar refractivity (Wildman–Crippen MR) is 56.4 cm³/mol. The van der Waals surface area contributed by atoms with Crippen LogP contribution in [0.3, 0.4) is 0 Å². The summed E-state index contributed by atoms with van der Waals surface area (Å²) in [5, 5.41) is 9.55. The van der Waals surface area contributed by atoms with E-state index in [1.54, 1.807) is 12.1 Å². The fraction of sp³-hybridized carbons (Fsp3) is 0.364. The number of ether oxygens (including phenoxy) is 1. The maximum absolute atomic E-state index is 10.8. The number of rotatable bonds is 1. The topological polar surface area (TPSA) is 46.5 Å². The Morgan fingerprint density at radius 3 is 3.07 bits per heavy atom. The summed E-state index contributed by atoms with van der Waals surface area (Å²) < 4.78 is 5.44. The van der Waals surface area contributed by atoms with E-state index in [0.29, 0.717) is 17.9 Å². The molecule has 0 saturated carbocycles. The fourth-order valence-electron chi connectivity index (χ4n) is 1.68. The average molecular weight is 227 g/mol. The molecule has 0 saturated heterocycles. The summed E-state index contributed by atoms with van der Waals surface area (Å²) in [6.07, 6.45) is 1.30. The third kappa shape index (κ3) is 2.23. The second-order valence-electron chi connectivity index (χ2n) is 3.64. The van der Waals surface area contributed by atoms with Gasteiger partial charge in [-0.25, -0.2) is 0 Å². The van der Waals surface area contributed by atoms with Gasteiger partial charge in [0.2, 0.25) is 0 Å². The van der Waals surface area contributed by atoms with Crippen LogP contribution in [0, 0.1) is 5.92 Å². The molecule has 0 aromatic heterocycles. The Bertz CT molecular complexity index is 389. The number of carbonyl (C=O) groups is 1. The van der Waals surface area contributed by atoms with E-state index in [0.717, 1.165) is 11.3 Å². The third-order valence-corrected chi connectivity index (χ3v) is 2.81. The highest BCUT2D eigenvalue weighted by molar-refractivity contribution is 6.30. The number of carboxylic acid groups (broad SMARTS) is 1. The molecule has 0 radical (unpaired) electrons. The van der Waals surface area contributed by atoms with Crippen molar-refractivity contribution in [2.75, 3.05) is 6.61 Å². The molecule has 4 heteroatoms. The molecule has 15 heavy (non-hydrogen) atoms. The molecule has 3 nitrogen and oxygen atoms in total. The lowest BCUT2D eigenvalue weighted by atomic mass is 10.0. The molecule has 1 aliphatic heterocycles. The fourth-order valence-corrected chi connectivity index (χ4v) is 1.88. The van der Waals surface area contributed by atoms with Crippen molar-refractivity contribution < 1.29 is 14.6 Å². The second kappa shape index (κ2) is 4.11. The van der Waals surface area contributed by atoms with Crippen molar-refractivity contribution in [2.24, 2.45) is 5.92 Å². The van der Waals surface area contributed by atoms with Crippen LogP contribution in [0.5, 0.6) is 5.75 Å². The van der Waals surface area contributed by atoms with Crippen LogP contribution >= 0.6 is 11.6 Å². The van der Waals surface area contributed by atoms with E-state index >= 15 is 0 Å². The van der Waals surface area contributed by atoms with Gasteiger partial charge in [0.25, 0.3) is 0 Å². The zero-order valence-electron chi connectivity index (χ0n) is 8.07. The van der Waals surface area contributed by atoms with Gasteiger partial charge in [-0.15, -0.1) is 0 Å². The normalized spacial score (nSPS) is 19.9. The van der Waals surface area contributed by atoms with Crippen molar-refractivity contribution >= 4 is 17.6 Å². The van der Waals surface area contributed by atoms with Crippen molar-refractivity contribution in [1.82, 2.24) is 0 Å². The summed E-state index contributed by atoms with van der Waals surface area (Å²) in [5.41, 5.74) is 0.992. The number of aryl methyl sites for hydroxylation is 1. The third-order valence-electron chi connectivity index (χ3n) is 2.57. The minimum Gasteiger partial charge on any atom is -0.492 e. The number of hydrogen-bond donors (Lipinski definition) is 1. The van der Waals surface area contributed by atoms with Crippen molar-refractivity contribution in [3.8, 4) is 5.75 Å². The van der Waals surface area contributed by atoms with E-state index in [1.807, 2.05) is 6.07 Å². The minimum absolute atomic E-state index is 0.240. The monoisotopic (exact) mass is 226 g/mol. The van der Waals surface area contributed by atoms with Gasteiger partial charge in [0.05, 0.1) is 5.92 Å². The molecular formula is C11H11ClO3. The Balaban J connectivity index is 2.21. The highest BCUT2D eigenvalue weighted by atomic mass is 35.5. The minimum atomic E-state index is -0.797. The zero-order chi connectivity index (χ0) is 10.8. The second-order valence-corrected chi connectivity index (χ2v) is 4.07. The van der Waals surface area contributed by atoms with Gasteiger partial charge in [-0.2, -0.15) is 0 Å².